The lowest BCUT2D eigenvalue weighted by molar-refractivity contribution is -0.229. The van der Waals surface area contributed by atoms with Crippen molar-refractivity contribution in [2.24, 2.45) is 11.8 Å². The average molecular weight is 240 g/mol. The highest BCUT2D eigenvalue weighted by Crippen LogP contribution is 2.42. The SMILES string of the molecule is COC1(OC)CCC(C2CCC(=O)CC2)CC1. The van der Waals surface area contributed by atoms with E-state index >= 15 is 0 Å². The molecule has 0 aliphatic heterocycles. The third-order valence-corrected chi connectivity index (χ3v) is 4.79. The molecule has 3 nitrogen and oxygen atoms in total. The van der Waals surface area contributed by atoms with Crippen LogP contribution in [0.25, 0.3) is 0 Å². The maximum Gasteiger partial charge on any atom is 0.167 e. The zero-order chi connectivity index (χ0) is 12.3. The highest BCUT2D eigenvalue weighted by molar-refractivity contribution is 5.79. The topological polar surface area (TPSA) is 35.5 Å². The molecular formula is C14H24O3. The summed E-state index contributed by atoms with van der Waals surface area (Å²) in [6.45, 7) is 0. The summed E-state index contributed by atoms with van der Waals surface area (Å²) in [6, 6.07) is 0. The molecule has 0 atom stereocenters. The van der Waals surface area contributed by atoms with Gasteiger partial charge in [-0.15, -0.1) is 0 Å². The average Bonchev–Trinajstić information content (AvgIpc) is 2.40. The predicted octanol–water partition coefficient (Wildman–Crippen LogP) is 2.93. The smallest absolute Gasteiger partial charge is 0.167 e. The Morgan fingerprint density at radius 2 is 1.41 bits per heavy atom. The lowest BCUT2D eigenvalue weighted by atomic mass is 9.72. The summed E-state index contributed by atoms with van der Waals surface area (Å²) < 4.78 is 11.0. The molecule has 0 N–H and O–H groups in total. The van der Waals surface area contributed by atoms with Crippen LogP contribution >= 0.6 is 0 Å². The van der Waals surface area contributed by atoms with E-state index in [0.29, 0.717) is 5.78 Å². The van der Waals surface area contributed by atoms with E-state index in [1.165, 1.54) is 12.8 Å². The summed E-state index contributed by atoms with van der Waals surface area (Å²) in [7, 11) is 3.48. The Kier molecular flexibility index (Phi) is 4.21. The van der Waals surface area contributed by atoms with Gasteiger partial charge in [0.1, 0.15) is 5.78 Å². The minimum Gasteiger partial charge on any atom is -0.353 e. The quantitative estimate of drug-likeness (QED) is 0.711. The summed E-state index contributed by atoms with van der Waals surface area (Å²) in [4.78, 5) is 11.2. The predicted molar refractivity (Wildman–Crippen MR) is 65.7 cm³/mol. The summed E-state index contributed by atoms with van der Waals surface area (Å²) in [5.74, 6) is 1.67. The second-order valence-electron chi connectivity index (χ2n) is 5.53. The number of hydrogen-bond donors (Lipinski definition) is 0. The Bertz CT molecular complexity index is 251. The van der Waals surface area contributed by atoms with Crippen LogP contribution in [0, 0.1) is 11.8 Å². The van der Waals surface area contributed by atoms with E-state index in [2.05, 4.69) is 0 Å². The molecule has 0 spiro atoms. The highest BCUT2D eigenvalue weighted by atomic mass is 16.7. The number of ketones is 1. The van der Waals surface area contributed by atoms with E-state index < -0.39 is 0 Å². The third kappa shape index (κ3) is 2.89. The van der Waals surface area contributed by atoms with Crippen molar-refractivity contribution in [2.45, 2.75) is 57.2 Å². The fourth-order valence-corrected chi connectivity index (χ4v) is 3.48. The second kappa shape index (κ2) is 5.49. The Labute approximate surface area is 104 Å². The van der Waals surface area contributed by atoms with Gasteiger partial charge in [0, 0.05) is 39.9 Å². The van der Waals surface area contributed by atoms with E-state index in [-0.39, 0.29) is 5.79 Å². The second-order valence-corrected chi connectivity index (χ2v) is 5.53. The normalized spacial score (nSPS) is 27.3. The number of carbonyl (C=O) groups excluding carboxylic acids is 1. The highest BCUT2D eigenvalue weighted by Gasteiger charge is 2.38. The van der Waals surface area contributed by atoms with Gasteiger partial charge in [-0.3, -0.25) is 4.79 Å². The summed E-state index contributed by atoms with van der Waals surface area (Å²) >= 11 is 0. The molecule has 0 aromatic rings. The molecule has 0 radical (unpaired) electrons. The molecule has 2 aliphatic rings. The van der Waals surface area contributed by atoms with Gasteiger partial charge in [0.2, 0.25) is 0 Å². The van der Waals surface area contributed by atoms with Gasteiger partial charge in [-0.25, -0.2) is 0 Å². The first-order valence-corrected chi connectivity index (χ1v) is 6.81. The molecule has 98 valence electrons. The van der Waals surface area contributed by atoms with Crippen LogP contribution < -0.4 is 0 Å². The molecule has 2 aliphatic carbocycles. The van der Waals surface area contributed by atoms with Crippen LogP contribution in [0.2, 0.25) is 0 Å². The minimum absolute atomic E-state index is 0.332. The monoisotopic (exact) mass is 240 g/mol. The van der Waals surface area contributed by atoms with Crippen molar-refractivity contribution in [3.63, 3.8) is 0 Å². The van der Waals surface area contributed by atoms with E-state index in [1.54, 1.807) is 14.2 Å². The number of ether oxygens (including phenoxy) is 2. The van der Waals surface area contributed by atoms with Crippen LogP contribution in [0.5, 0.6) is 0 Å². The Morgan fingerprint density at radius 3 is 1.88 bits per heavy atom. The van der Waals surface area contributed by atoms with Gasteiger partial charge in [0.25, 0.3) is 0 Å². The van der Waals surface area contributed by atoms with Gasteiger partial charge < -0.3 is 9.47 Å². The van der Waals surface area contributed by atoms with Crippen LogP contribution in [-0.2, 0) is 14.3 Å². The Morgan fingerprint density at radius 1 is 0.941 bits per heavy atom. The molecule has 2 saturated carbocycles. The number of rotatable bonds is 3. The van der Waals surface area contributed by atoms with Gasteiger partial charge in [0.05, 0.1) is 0 Å². The molecule has 17 heavy (non-hydrogen) atoms. The fraction of sp³-hybridized carbons (Fsp3) is 0.929. The number of Topliss-reactive ketones (excluding diaryl/α,β-unsaturated/α-hetero) is 1. The largest absolute Gasteiger partial charge is 0.353 e. The molecule has 0 amide bonds. The van der Waals surface area contributed by atoms with Crippen LogP contribution in [0.15, 0.2) is 0 Å². The zero-order valence-electron chi connectivity index (χ0n) is 11.0. The first-order valence-electron chi connectivity index (χ1n) is 6.81. The summed E-state index contributed by atoms with van der Waals surface area (Å²) in [5.41, 5.74) is 0. The molecule has 0 heterocycles. The van der Waals surface area contributed by atoms with Crippen LogP contribution in [0.1, 0.15) is 51.4 Å². The molecular weight excluding hydrogens is 216 g/mol. The van der Waals surface area contributed by atoms with Crippen molar-refractivity contribution in [3.8, 4) is 0 Å². The van der Waals surface area contributed by atoms with Crippen molar-refractivity contribution in [2.75, 3.05) is 14.2 Å². The van der Waals surface area contributed by atoms with Gasteiger partial charge in [-0.05, 0) is 37.5 Å². The van der Waals surface area contributed by atoms with Gasteiger partial charge >= 0.3 is 0 Å². The first-order chi connectivity index (χ1) is 8.19. The molecule has 2 fully saturated rings. The first kappa shape index (κ1) is 13.0. The van der Waals surface area contributed by atoms with Crippen LogP contribution in [0.4, 0.5) is 0 Å². The summed E-state index contributed by atoms with van der Waals surface area (Å²) in [5, 5.41) is 0. The van der Waals surface area contributed by atoms with E-state index in [0.717, 1.165) is 50.4 Å². The standard InChI is InChI=1S/C14H24O3/c1-16-14(17-2)9-7-12(8-10-14)11-3-5-13(15)6-4-11/h11-12H,3-10H2,1-2H3. The fourth-order valence-electron chi connectivity index (χ4n) is 3.48. The molecule has 2 rings (SSSR count). The summed E-state index contributed by atoms with van der Waals surface area (Å²) in [6.07, 6.45) is 8.18. The molecule has 0 aromatic heterocycles. The molecule has 0 bridgehead atoms. The van der Waals surface area contributed by atoms with Crippen LogP contribution in [-0.4, -0.2) is 25.8 Å². The van der Waals surface area contributed by atoms with Crippen LogP contribution in [0.3, 0.4) is 0 Å². The van der Waals surface area contributed by atoms with Crippen molar-refractivity contribution < 1.29 is 14.3 Å². The maximum atomic E-state index is 11.2. The van der Waals surface area contributed by atoms with Crippen molar-refractivity contribution in [1.82, 2.24) is 0 Å². The third-order valence-electron chi connectivity index (χ3n) is 4.79. The van der Waals surface area contributed by atoms with Crippen molar-refractivity contribution in [1.29, 1.82) is 0 Å². The minimum atomic E-state index is -0.332. The number of methoxy groups -OCH3 is 2. The number of hydrogen-bond acceptors (Lipinski definition) is 3. The van der Waals surface area contributed by atoms with Gasteiger partial charge in [-0.1, -0.05) is 0 Å². The van der Waals surface area contributed by atoms with Crippen molar-refractivity contribution in [3.05, 3.63) is 0 Å². The van der Waals surface area contributed by atoms with Gasteiger partial charge in [0.15, 0.2) is 5.79 Å². The zero-order valence-corrected chi connectivity index (χ0v) is 11.0. The lowest BCUT2D eigenvalue weighted by Gasteiger charge is -2.41. The van der Waals surface area contributed by atoms with Gasteiger partial charge in [-0.2, -0.15) is 0 Å². The Balaban J connectivity index is 1.84. The Hall–Kier alpha value is -0.410. The van der Waals surface area contributed by atoms with Crippen molar-refractivity contribution >= 4 is 5.78 Å². The molecule has 0 saturated heterocycles. The van der Waals surface area contributed by atoms with E-state index in [1.807, 2.05) is 0 Å². The molecule has 0 aromatic carbocycles. The molecule has 3 heteroatoms. The number of carbonyl (C=O) groups is 1. The maximum absolute atomic E-state index is 11.2. The van der Waals surface area contributed by atoms with E-state index in [4.69, 9.17) is 9.47 Å². The molecule has 0 unspecified atom stereocenters. The lowest BCUT2D eigenvalue weighted by Crippen LogP contribution is -2.39. The van der Waals surface area contributed by atoms with E-state index in [9.17, 15) is 4.79 Å².